The minimum absolute atomic E-state index is 0. The molecule has 0 aromatic heterocycles. The summed E-state index contributed by atoms with van der Waals surface area (Å²) in [6, 6.07) is 5.03. The van der Waals surface area contributed by atoms with E-state index in [1.54, 1.807) is 0 Å². The Hall–Kier alpha value is -0.670. The second-order valence-corrected chi connectivity index (χ2v) is 8.78. The standard InChI is InChI=1S/C12H18N2O4S2.ClH/c1-19(15,16)10-3-2-4-11(7-10)20(17,18)14-12(8-13)9-5-6-9;/h2-4,7,9,12,14H,5-6,8,13H2,1H3;1H. The fourth-order valence-corrected chi connectivity index (χ4v) is 4.08. The van der Waals surface area contributed by atoms with Crippen LogP contribution in [0.5, 0.6) is 0 Å². The molecular weight excluding hydrogens is 336 g/mol. The lowest BCUT2D eigenvalue weighted by Crippen LogP contribution is -2.41. The summed E-state index contributed by atoms with van der Waals surface area (Å²) in [6.45, 7) is 0.232. The van der Waals surface area contributed by atoms with E-state index in [2.05, 4.69) is 4.72 Å². The fourth-order valence-electron chi connectivity index (χ4n) is 1.97. The van der Waals surface area contributed by atoms with Gasteiger partial charge in [0.05, 0.1) is 9.79 Å². The zero-order valence-electron chi connectivity index (χ0n) is 11.5. The molecule has 9 heteroatoms. The van der Waals surface area contributed by atoms with Crippen LogP contribution in [0.3, 0.4) is 0 Å². The van der Waals surface area contributed by atoms with Crippen molar-refractivity contribution in [2.75, 3.05) is 12.8 Å². The average Bonchev–Trinajstić information content (AvgIpc) is 3.19. The van der Waals surface area contributed by atoms with Crippen LogP contribution >= 0.6 is 12.4 Å². The zero-order chi connectivity index (χ0) is 15.0. The number of nitrogens with one attached hydrogen (secondary N) is 1. The molecule has 3 N–H and O–H groups in total. The van der Waals surface area contributed by atoms with Crippen LogP contribution in [0.4, 0.5) is 0 Å². The molecule has 1 aliphatic carbocycles. The SMILES string of the molecule is CS(=O)(=O)c1cccc(S(=O)(=O)NC(CN)C2CC2)c1.Cl. The second-order valence-electron chi connectivity index (χ2n) is 5.05. The van der Waals surface area contributed by atoms with Gasteiger partial charge in [0.1, 0.15) is 0 Å². The quantitative estimate of drug-likeness (QED) is 0.774. The molecule has 1 unspecified atom stereocenters. The van der Waals surface area contributed by atoms with Gasteiger partial charge in [0.2, 0.25) is 10.0 Å². The molecule has 0 spiro atoms. The van der Waals surface area contributed by atoms with Crippen LogP contribution in [0.15, 0.2) is 34.1 Å². The Morgan fingerprint density at radius 1 is 1.24 bits per heavy atom. The molecule has 0 radical (unpaired) electrons. The molecule has 1 fully saturated rings. The predicted molar refractivity (Wildman–Crippen MR) is 82.7 cm³/mol. The van der Waals surface area contributed by atoms with Crippen LogP contribution in [0.2, 0.25) is 0 Å². The van der Waals surface area contributed by atoms with Crippen molar-refractivity contribution < 1.29 is 16.8 Å². The van der Waals surface area contributed by atoms with Gasteiger partial charge in [0.25, 0.3) is 0 Å². The lowest BCUT2D eigenvalue weighted by atomic mass is 10.2. The molecule has 0 aliphatic heterocycles. The Kier molecular flexibility index (Phi) is 5.79. The van der Waals surface area contributed by atoms with Crippen molar-refractivity contribution in [1.82, 2.24) is 4.72 Å². The van der Waals surface area contributed by atoms with Crippen molar-refractivity contribution in [2.24, 2.45) is 11.7 Å². The second kappa shape index (κ2) is 6.62. The lowest BCUT2D eigenvalue weighted by Gasteiger charge is -2.16. The maximum Gasteiger partial charge on any atom is 0.240 e. The van der Waals surface area contributed by atoms with Crippen LogP contribution in [-0.2, 0) is 19.9 Å². The third-order valence-corrected chi connectivity index (χ3v) is 5.89. The molecule has 1 saturated carbocycles. The Balaban J connectivity index is 0.00000220. The highest BCUT2D eigenvalue weighted by atomic mass is 35.5. The molecular formula is C12H19ClN2O4S2. The molecule has 1 aromatic carbocycles. The van der Waals surface area contributed by atoms with Crippen LogP contribution in [0, 0.1) is 5.92 Å². The highest BCUT2D eigenvalue weighted by Gasteiger charge is 2.33. The van der Waals surface area contributed by atoms with Gasteiger partial charge in [-0.25, -0.2) is 21.6 Å². The van der Waals surface area contributed by atoms with Crippen molar-refractivity contribution in [3.63, 3.8) is 0 Å². The molecule has 0 heterocycles. The summed E-state index contributed by atoms with van der Waals surface area (Å²) in [4.78, 5) is -0.0735. The molecule has 1 atom stereocenters. The predicted octanol–water partition coefficient (Wildman–Crippen LogP) is 0.528. The average molecular weight is 355 g/mol. The van der Waals surface area contributed by atoms with Gasteiger partial charge in [-0.3, -0.25) is 0 Å². The fraction of sp³-hybridized carbons (Fsp3) is 0.500. The third-order valence-electron chi connectivity index (χ3n) is 3.30. The summed E-state index contributed by atoms with van der Waals surface area (Å²) < 4.78 is 50.0. The number of benzene rings is 1. The topological polar surface area (TPSA) is 106 Å². The van der Waals surface area contributed by atoms with Gasteiger partial charge in [-0.15, -0.1) is 12.4 Å². The van der Waals surface area contributed by atoms with E-state index >= 15 is 0 Å². The van der Waals surface area contributed by atoms with E-state index in [1.165, 1.54) is 18.2 Å². The van der Waals surface area contributed by atoms with Crippen molar-refractivity contribution >= 4 is 32.3 Å². The number of hydrogen-bond donors (Lipinski definition) is 2. The smallest absolute Gasteiger partial charge is 0.240 e. The minimum atomic E-state index is -3.75. The Morgan fingerprint density at radius 2 is 1.81 bits per heavy atom. The van der Waals surface area contributed by atoms with Crippen LogP contribution in [-0.4, -0.2) is 35.7 Å². The van der Waals surface area contributed by atoms with E-state index in [4.69, 9.17) is 5.73 Å². The molecule has 2 rings (SSSR count). The molecule has 6 nitrogen and oxygen atoms in total. The molecule has 1 aromatic rings. The van der Waals surface area contributed by atoms with Gasteiger partial charge < -0.3 is 5.73 Å². The van der Waals surface area contributed by atoms with E-state index < -0.39 is 19.9 Å². The number of sulfonamides is 1. The summed E-state index contributed by atoms with van der Waals surface area (Å²) >= 11 is 0. The Bertz CT molecular complexity index is 700. The molecule has 120 valence electrons. The first-order valence-corrected chi connectivity index (χ1v) is 9.64. The van der Waals surface area contributed by atoms with Gasteiger partial charge in [0, 0.05) is 18.8 Å². The molecule has 0 saturated heterocycles. The van der Waals surface area contributed by atoms with E-state index in [0.29, 0.717) is 0 Å². The Labute approximate surface area is 131 Å². The number of halogens is 1. The lowest BCUT2D eigenvalue weighted by molar-refractivity contribution is 0.519. The van der Waals surface area contributed by atoms with Crippen molar-refractivity contribution in [3.8, 4) is 0 Å². The van der Waals surface area contributed by atoms with Gasteiger partial charge in [-0.1, -0.05) is 6.07 Å². The van der Waals surface area contributed by atoms with Crippen LogP contribution < -0.4 is 10.5 Å². The van der Waals surface area contributed by atoms with E-state index in [0.717, 1.165) is 25.2 Å². The van der Waals surface area contributed by atoms with Crippen LogP contribution in [0.1, 0.15) is 12.8 Å². The van der Waals surface area contributed by atoms with Crippen molar-refractivity contribution in [2.45, 2.75) is 28.7 Å². The zero-order valence-corrected chi connectivity index (χ0v) is 14.0. The number of rotatable bonds is 6. The van der Waals surface area contributed by atoms with Gasteiger partial charge in [0.15, 0.2) is 9.84 Å². The van der Waals surface area contributed by atoms with E-state index in [9.17, 15) is 16.8 Å². The van der Waals surface area contributed by atoms with E-state index in [-0.39, 0.29) is 40.7 Å². The summed E-state index contributed by atoms with van der Waals surface area (Å²) in [7, 11) is -7.19. The number of sulfone groups is 1. The number of hydrogen-bond acceptors (Lipinski definition) is 5. The van der Waals surface area contributed by atoms with E-state index in [1.807, 2.05) is 0 Å². The van der Waals surface area contributed by atoms with Gasteiger partial charge in [-0.05, 0) is 37.0 Å². The summed E-state index contributed by atoms with van der Waals surface area (Å²) in [5.74, 6) is 0.285. The molecule has 0 amide bonds. The van der Waals surface area contributed by atoms with Crippen LogP contribution in [0.25, 0.3) is 0 Å². The summed E-state index contributed by atoms with van der Waals surface area (Å²) in [5, 5.41) is 0. The highest BCUT2D eigenvalue weighted by molar-refractivity contribution is 7.91. The summed E-state index contributed by atoms with van der Waals surface area (Å²) in [5.41, 5.74) is 5.58. The largest absolute Gasteiger partial charge is 0.329 e. The Morgan fingerprint density at radius 3 is 2.29 bits per heavy atom. The first-order valence-electron chi connectivity index (χ1n) is 6.26. The highest BCUT2D eigenvalue weighted by Crippen LogP contribution is 2.33. The number of nitrogens with two attached hydrogens (primary N) is 1. The third kappa shape index (κ3) is 4.65. The molecule has 0 bridgehead atoms. The first kappa shape index (κ1) is 18.4. The minimum Gasteiger partial charge on any atom is -0.329 e. The molecule has 21 heavy (non-hydrogen) atoms. The molecule has 1 aliphatic rings. The first-order chi connectivity index (χ1) is 9.24. The van der Waals surface area contributed by atoms with Gasteiger partial charge >= 0.3 is 0 Å². The van der Waals surface area contributed by atoms with Gasteiger partial charge in [-0.2, -0.15) is 0 Å². The normalized spacial score (nSPS) is 17.0. The monoisotopic (exact) mass is 354 g/mol. The van der Waals surface area contributed by atoms with Crippen molar-refractivity contribution in [1.29, 1.82) is 0 Å². The summed E-state index contributed by atoms with van der Waals surface area (Å²) in [6.07, 6.45) is 2.97. The maximum atomic E-state index is 12.3. The maximum absolute atomic E-state index is 12.3. The van der Waals surface area contributed by atoms with Crippen molar-refractivity contribution in [3.05, 3.63) is 24.3 Å².